The van der Waals surface area contributed by atoms with Crippen LogP contribution in [0.3, 0.4) is 0 Å². The van der Waals surface area contributed by atoms with Gasteiger partial charge in [0.1, 0.15) is 0 Å². The second-order valence-corrected chi connectivity index (χ2v) is 9.79. The van der Waals surface area contributed by atoms with Gasteiger partial charge >= 0.3 is 0 Å². The molecule has 0 heterocycles. The molecule has 5 N–H and O–H groups in total. The minimum Gasteiger partial charge on any atom is -0.356 e. The third kappa shape index (κ3) is 22.4. The van der Waals surface area contributed by atoms with E-state index in [1.54, 1.807) is 0 Å². The van der Waals surface area contributed by atoms with Crippen molar-refractivity contribution in [1.82, 2.24) is 16.0 Å². The molecule has 0 fully saturated rings. The van der Waals surface area contributed by atoms with E-state index in [1.165, 1.54) is 51.4 Å². The van der Waals surface area contributed by atoms with Gasteiger partial charge < -0.3 is 21.7 Å². The van der Waals surface area contributed by atoms with Gasteiger partial charge in [0.2, 0.25) is 11.8 Å². The van der Waals surface area contributed by atoms with E-state index >= 15 is 0 Å². The standard InChI is InChI=1S/C27H56N4O2/c1-4-5-6-7-8-9-10-11-14-20-26(32)29-22-17-12-13-18-23-30-27(33)25(31-24(2)3)19-15-16-21-28/h24-25,31H,4-23,28H2,1-3H3,(H,29,32)(H,30,33). The van der Waals surface area contributed by atoms with Crippen molar-refractivity contribution in [3.8, 4) is 0 Å². The average molecular weight is 469 g/mol. The number of carbonyl (C=O) groups excluding carboxylic acids is 2. The van der Waals surface area contributed by atoms with Gasteiger partial charge in [-0.2, -0.15) is 0 Å². The molecule has 0 aliphatic carbocycles. The molecule has 0 radical (unpaired) electrons. The van der Waals surface area contributed by atoms with E-state index in [4.69, 9.17) is 5.73 Å². The highest BCUT2D eigenvalue weighted by atomic mass is 16.2. The van der Waals surface area contributed by atoms with Crippen molar-refractivity contribution >= 4 is 11.8 Å². The highest BCUT2D eigenvalue weighted by Crippen LogP contribution is 2.10. The van der Waals surface area contributed by atoms with Crippen LogP contribution < -0.4 is 21.7 Å². The molecule has 0 saturated carbocycles. The molecule has 0 aromatic rings. The highest BCUT2D eigenvalue weighted by Gasteiger charge is 2.17. The van der Waals surface area contributed by atoms with Crippen LogP contribution in [-0.4, -0.2) is 43.5 Å². The Morgan fingerprint density at radius 1 is 0.697 bits per heavy atom. The van der Waals surface area contributed by atoms with Crippen LogP contribution in [0.1, 0.15) is 130 Å². The zero-order chi connectivity index (χ0) is 24.6. The van der Waals surface area contributed by atoms with Crippen LogP contribution in [0.5, 0.6) is 0 Å². The fourth-order valence-electron chi connectivity index (χ4n) is 4.04. The summed E-state index contributed by atoms with van der Waals surface area (Å²) in [5, 5.41) is 9.48. The second-order valence-electron chi connectivity index (χ2n) is 9.79. The number of nitrogens with one attached hydrogen (secondary N) is 3. The van der Waals surface area contributed by atoms with Gasteiger partial charge in [-0.05, 0) is 38.6 Å². The minimum absolute atomic E-state index is 0.101. The Hall–Kier alpha value is -1.14. The summed E-state index contributed by atoms with van der Waals surface area (Å²) in [7, 11) is 0. The predicted octanol–water partition coefficient (Wildman–Crippen LogP) is 5.20. The number of rotatable bonds is 24. The summed E-state index contributed by atoms with van der Waals surface area (Å²) in [6.07, 6.45) is 19.1. The summed E-state index contributed by atoms with van der Waals surface area (Å²) < 4.78 is 0. The van der Waals surface area contributed by atoms with Crippen molar-refractivity contribution in [2.45, 2.75) is 142 Å². The molecule has 196 valence electrons. The van der Waals surface area contributed by atoms with Gasteiger partial charge in [0.25, 0.3) is 0 Å². The van der Waals surface area contributed by atoms with Crippen molar-refractivity contribution in [3.63, 3.8) is 0 Å². The van der Waals surface area contributed by atoms with E-state index in [0.29, 0.717) is 13.0 Å². The molecule has 0 saturated heterocycles. The van der Waals surface area contributed by atoms with E-state index in [-0.39, 0.29) is 23.9 Å². The predicted molar refractivity (Wildman–Crippen MR) is 141 cm³/mol. The highest BCUT2D eigenvalue weighted by molar-refractivity contribution is 5.81. The molecule has 6 heteroatoms. The molecule has 0 spiro atoms. The van der Waals surface area contributed by atoms with Crippen molar-refractivity contribution in [2.75, 3.05) is 19.6 Å². The van der Waals surface area contributed by atoms with Crippen LogP contribution in [0, 0.1) is 0 Å². The largest absolute Gasteiger partial charge is 0.356 e. The van der Waals surface area contributed by atoms with E-state index < -0.39 is 0 Å². The Morgan fingerprint density at radius 2 is 1.24 bits per heavy atom. The number of carbonyl (C=O) groups is 2. The van der Waals surface area contributed by atoms with Crippen LogP contribution in [0.4, 0.5) is 0 Å². The lowest BCUT2D eigenvalue weighted by molar-refractivity contribution is -0.123. The first-order valence-electron chi connectivity index (χ1n) is 14.0. The summed E-state index contributed by atoms with van der Waals surface area (Å²) in [6, 6.07) is 0.159. The molecule has 6 nitrogen and oxygen atoms in total. The lowest BCUT2D eigenvalue weighted by Crippen LogP contribution is -2.47. The molecule has 0 aliphatic heterocycles. The maximum atomic E-state index is 12.4. The summed E-state index contributed by atoms with van der Waals surface area (Å²) in [6.45, 7) is 8.55. The number of hydrogen-bond acceptors (Lipinski definition) is 4. The van der Waals surface area contributed by atoms with Crippen molar-refractivity contribution in [2.24, 2.45) is 5.73 Å². The van der Waals surface area contributed by atoms with E-state index in [9.17, 15) is 9.59 Å². The first kappa shape index (κ1) is 31.9. The quantitative estimate of drug-likeness (QED) is 0.146. The maximum absolute atomic E-state index is 12.4. The topological polar surface area (TPSA) is 96.2 Å². The smallest absolute Gasteiger partial charge is 0.237 e. The van der Waals surface area contributed by atoms with Gasteiger partial charge in [0.05, 0.1) is 6.04 Å². The van der Waals surface area contributed by atoms with Crippen molar-refractivity contribution in [1.29, 1.82) is 0 Å². The molecular formula is C27H56N4O2. The van der Waals surface area contributed by atoms with Gasteiger partial charge in [-0.15, -0.1) is 0 Å². The van der Waals surface area contributed by atoms with E-state index in [0.717, 1.165) is 64.5 Å². The van der Waals surface area contributed by atoms with Crippen molar-refractivity contribution in [3.05, 3.63) is 0 Å². The molecule has 0 rings (SSSR count). The fraction of sp³-hybridized carbons (Fsp3) is 0.926. The lowest BCUT2D eigenvalue weighted by atomic mass is 10.1. The molecule has 33 heavy (non-hydrogen) atoms. The lowest BCUT2D eigenvalue weighted by Gasteiger charge is -2.20. The molecule has 0 aromatic heterocycles. The summed E-state index contributed by atoms with van der Waals surface area (Å²) in [5.41, 5.74) is 5.57. The third-order valence-corrected chi connectivity index (χ3v) is 6.03. The Labute approximate surface area is 205 Å². The monoisotopic (exact) mass is 468 g/mol. The van der Waals surface area contributed by atoms with Crippen LogP contribution in [-0.2, 0) is 9.59 Å². The normalized spacial score (nSPS) is 12.2. The van der Waals surface area contributed by atoms with E-state index in [1.807, 2.05) is 0 Å². The van der Waals surface area contributed by atoms with Crippen LogP contribution >= 0.6 is 0 Å². The zero-order valence-corrected chi connectivity index (χ0v) is 22.2. The summed E-state index contributed by atoms with van der Waals surface area (Å²) in [5.74, 6) is 0.299. The Balaban J connectivity index is 3.57. The van der Waals surface area contributed by atoms with E-state index in [2.05, 4.69) is 36.7 Å². The Morgan fingerprint density at radius 3 is 1.82 bits per heavy atom. The third-order valence-electron chi connectivity index (χ3n) is 6.03. The molecule has 1 atom stereocenters. The molecule has 0 aromatic carbocycles. The van der Waals surface area contributed by atoms with Gasteiger partial charge in [-0.25, -0.2) is 0 Å². The van der Waals surface area contributed by atoms with Gasteiger partial charge in [0, 0.05) is 25.6 Å². The molecule has 2 amide bonds. The van der Waals surface area contributed by atoms with Crippen LogP contribution in [0.2, 0.25) is 0 Å². The molecule has 0 bridgehead atoms. The van der Waals surface area contributed by atoms with Crippen LogP contribution in [0.25, 0.3) is 0 Å². The number of unbranched alkanes of at least 4 members (excludes halogenated alkanes) is 12. The first-order valence-corrected chi connectivity index (χ1v) is 14.0. The van der Waals surface area contributed by atoms with Gasteiger partial charge in [-0.1, -0.05) is 91.4 Å². The second kappa shape index (κ2) is 24.0. The van der Waals surface area contributed by atoms with Gasteiger partial charge in [0.15, 0.2) is 0 Å². The fourth-order valence-corrected chi connectivity index (χ4v) is 4.04. The van der Waals surface area contributed by atoms with Crippen molar-refractivity contribution < 1.29 is 9.59 Å². The maximum Gasteiger partial charge on any atom is 0.237 e. The summed E-state index contributed by atoms with van der Waals surface area (Å²) >= 11 is 0. The molecule has 1 unspecified atom stereocenters. The Bertz CT molecular complexity index is 457. The Kier molecular flexibility index (Phi) is 23.2. The zero-order valence-electron chi connectivity index (χ0n) is 22.2. The number of nitrogens with two attached hydrogens (primary N) is 1. The van der Waals surface area contributed by atoms with Gasteiger partial charge in [-0.3, -0.25) is 9.59 Å². The molecule has 0 aliphatic rings. The summed E-state index contributed by atoms with van der Waals surface area (Å²) in [4.78, 5) is 24.4. The minimum atomic E-state index is -0.127. The number of amides is 2. The molecular weight excluding hydrogens is 412 g/mol. The average Bonchev–Trinajstić information content (AvgIpc) is 2.78. The number of hydrogen-bond donors (Lipinski definition) is 4. The van der Waals surface area contributed by atoms with Crippen LogP contribution in [0.15, 0.2) is 0 Å². The first-order chi connectivity index (χ1) is 16.0. The SMILES string of the molecule is CCCCCCCCCCCC(=O)NCCCCCCNC(=O)C(CCCCN)NC(C)C.